The number of rotatable bonds is 15. The van der Waals surface area contributed by atoms with Crippen molar-refractivity contribution in [3.8, 4) is 0 Å². The first kappa shape index (κ1) is 20.9. The standard InChI is InChI=1S/C19H40O2/c1-5-8-9-10-11-12-13-14-15-16-17-18(20)19(4,6-2)21-7-3/h18,20H,5-17H2,1-4H3. The predicted molar refractivity (Wildman–Crippen MR) is 92.8 cm³/mol. The average molecular weight is 301 g/mol. The molecule has 0 aliphatic carbocycles. The van der Waals surface area contributed by atoms with Gasteiger partial charge in [-0.05, 0) is 26.7 Å². The predicted octanol–water partition coefficient (Wildman–Crippen LogP) is 5.86. The number of aliphatic hydroxyl groups is 1. The van der Waals surface area contributed by atoms with E-state index >= 15 is 0 Å². The SMILES string of the molecule is CCCCCCCCCCCCC(O)C(C)(CC)OCC. The molecule has 0 saturated heterocycles. The third kappa shape index (κ3) is 10.3. The highest BCUT2D eigenvalue weighted by Crippen LogP contribution is 2.24. The Labute approximate surface area is 133 Å². The molecule has 2 unspecified atom stereocenters. The second kappa shape index (κ2) is 13.6. The van der Waals surface area contributed by atoms with Crippen molar-refractivity contribution in [3.05, 3.63) is 0 Å². The van der Waals surface area contributed by atoms with Gasteiger partial charge in [-0.1, -0.05) is 78.1 Å². The molecule has 0 aliphatic rings. The van der Waals surface area contributed by atoms with Crippen LogP contribution in [0.2, 0.25) is 0 Å². The molecule has 0 aliphatic heterocycles. The molecule has 2 nitrogen and oxygen atoms in total. The normalized spacial score (nSPS) is 15.9. The van der Waals surface area contributed by atoms with Gasteiger partial charge in [0.05, 0.1) is 11.7 Å². The molecule has 0 spiro atoms. The third-order valence-corrected chi connectivity index (χ3v) is 4.71. The Morgan fingerprint density at radius 3 is 1.71 bits per heavy atom. The second-order valence-electron chi connectivity index (χ2n) is 6.59. The molecule has 0 heterocycles. The van der Waals surface area contributed by atoms with Crippen LogP contribution in [0.25, 0.3) is 0 Å². The lowest BCUT2D eigenvalue weighted by Gasteiger charge is -2.33. The third-order valence-electron chi connectivity index (χ3n) is 4.71. The summed E-state index contributed by atoms with van der Waals surface area (Å²) in [6.45, 7) is 9.08. The van der Waals surface area contributed by atoms with Gasteiger partial charge in [0.2, 0.25) is 0 Å². The monoisotopic (exact) mass is 300 g/mol. The zero-order chi connectivity index (χ0) is 16.0. The number of hydrogen-bond donors (Lipinski definition) is 1. The van der Waals surface area contributed by atoms with Gasteiger partial charge in [0.15, 0.2) is 0 Å². The molecular weight excluding hydrogens is 260 g/mol. The summed E-state index contributed by atoms with van der Waals surface area (Å²) in [7, 11) is 0. The number of hydrogen-bond acceptors (Lipinski definition) is 2. The van der Waals surface area contributed by atoms with Crippen LogP contribution in [0.4, 0.5) is 0 Å². The lowest BCUT2D eigenvalue weighted by Crippen LogP contribution is -2.41. The average Bonchev–Trinajstić information content (AvgIpc) is 2.49. The molecule has 0 fully saturated rings. The van der Waals surface area contributed by atoms with E-state index in [4.69, 9.17) is 4.74 Å². The summed E-state index contributed by atoms with van der Waals surface area (Å²) in [5, 5.41) is 10.3. The fourth-order valence-electron chi connectivity index (χ4n) is 2.89. The zero-order valence-corrected chi connectivity index (χ0v) is 15.1. The van der Waals surface area contributed by atoms with Gasteiger partial charge in [-0.3, -0.25) is 0 Å². The van der Waals surface area contributed by atoms with Crippen LogP contribution >= 0.6 is 0 Å². The van der Waals surface area contributed by atoms with Gasteiger partial charge in [0, 0.05) is 6.61 Å². The molecule has 0 bridgehead atoms. The minimum atomic E-state index is -0.353. The van der Waals surface area contributed by atoms with Crippen LogP contribution in [0, 0.1) is 0 Å². The summed E-state index contributed by atoms with van der Waals surface area (Å²) in [6, 6.07) is 0. The maximum Gasteiger partial charge on any atom is 0.0909 e. The van der Waals surface area contributed by atoms with Crippen LogP contribution in [0.15, 0.2) is 0 Å². The van der Waals surface area contributed by atoms with Crippen molar-refractivity contribution in [2.75, 3.05) is 6.61 Å². The second-order valence-corrected chi connectivity index (χ2v) is 6.59. The van der Waals surface area contributed by atoms with Crippen LogP contribution < -0.4 is 0 Å². The Balaban J connectivity index is 3.49. The first-order valence-corrected chi connectivity index (χ1v) is 9.42. The van der Waals surface area contributed by atoms with E-state index in [2.05, 4.69) is 13.8 Å². The maximum atomic E-state index is 10.3. The molecule has 0 radical (unpaired) electrons. The largest absolute Gasteiger partial charge is 0.390 e. The lowest BCUT2D eigenvalue weighted by molar-refractivity contribution is -0.113. The molecule has 2 heteroatoms. The van der Waals surface area contributed by atoms with Crippen molar-refractivity contribution in [1.82, 2.24) is 0 Å². The van der Waals surface area contributed by atoms with Gasteiger partial charge in [-0.25, -0.2) is 0 Å². The highest BCUT2D eigenvalue weighted by molar-refractivity contribution is 4.82. The van der Waals surface area contributed by atoms with E-state index in [0.29, 0.717) is 6.61 Å². The zero-order valence-electron chi connectivity index (χ0n) is 15.1. The van der Waals surface area contributed by atoms with Crippen molar-refractivity contribution in [1.29, 1.82) is 0 Å². The van der Waals surface area contributed by atoms with Crippen LogP contribution in [0.3, 0.4) is 0 Å². The molecule has 1 N–H and O–H groups in total. The molecule has 0 saturated carbocycles. The van der Waals surface area contributed by atoms with Gasteiger partial charge in [0.1, 0.15) is 0 Å². The fraction of sp³-hybridized carbons (Fsp3) is 1.00. The van der Waals surface area contributed by atoms with Crippen LogP contribution in [0.1, 0.15) is 105 Å². The Morgan fingerprint density at radius 1 is 0.810 bits per heavy atom. The summed E-state index contributed by atoms with van der Waals surface area (Å²) >= 11 is 0. The van der Waals surface area contributed by atoms with E-state index in [-0.39, 0.29) is 11.7 Å². The van der Waals surface area contributed by atoms with E-state index in [1.54, 1.807) is 0 Å². The Hall–Kier alpha value is -0.0800. The number of aliphatic hydroxyl groups excluding tert-OH is 1. The summed E-state index contributed by atoms with van der Waals surface area (Å²) in [4.78, 5) is 0. The molecule has 0 rings (SSSR count). The van der Waals surface area contributed by atoms with Crippen molar-refractivity contribution < 1.29 is 9.84 Å². The van der Waals surface area contributed by atoms with Gasteiger partial charge in [0.25, 0.3) is 0 Å². The van der Waals surface area contributed by atoms with Crippen LogP contribution in [-0.2, 0) is 4.74 Å². The number of unbranched alkanes of at least 4 members (excludes halogenated alkanes) is 9. The molecule has 128 valence electrons. The topological polar surface area (TPSA) is 29.5 Å². The highest BCUT2D eigenvalue weighted by atomic mass is 16.5. The minimum Gasteiger partial charge on any atom is -0.390 e. The molecule has 2 atom stereocenters. The Morgan fingerprint density at radius 2 is 1.29 bits per heavy atom. The summed E-state index contributed by atoms with van der Waals surface area (Å²) in [5.74, 6) is 0. The van der Waals surface area contributed by atoms with Gasteiger partial charge in [-0.15, -0.1) is 0 Å². The summed E-state index contributed by atoms with van der Waals surface area (Å²) < 4.78 is 5.73. The lowest BCUT2D eigenvalue weighted by atomic mass is 9.91. The first-order chi connectivity index (χ1) is 10.1. The molecule has 21 heavy (non-hydrogen) atoms. The van der Waals surface area contributed by atoms with Crippen molar-refractivity contribution in [2.45, 2.75) is 116 Å². The van der Waals surface area contributed by atoms with E-state index in [0.717, 1.165) is 19.3 Å². The molecule has 0 aromatic rings. The summed E-state index contributed by atoms with van der Waals surface area (Å²) in [6.07, 6.45) is 14.8. The van der Waals surface area contributed by atoms with Crippen molar-refractivity contribution >= 4 is 0 Å². The van der Waals surface area contributed by atoms with Gasteiger partial charge < -0.3 is 9.84 Å². The highest BCUT2D eigenvalue weighted by Gasteiger charge is 2.31. The Bertz CT molecular complexity index is 218. The van der Waals surface area contributed by atoms with Crippen molar-refractivity contribution in [3.63, 3.8) is 0 Å². The maximum absolute atomic E-state index is 10.3. The van der Waals surface area contributed by atoms with Gasteiger partial charge in [-0.2, -0.15) is 0 Å². The van der Waals surface area contributed by atoms with Crippen molar-refractivity contribution in [2.24, 2.45) is 0 Å². The van der Waals surface area contributed by atoms with E-state index in [9.17, 15) is 5.11 Å². The molecule has 0 amide bonds. The van der Waals surface area contributed by atoms with E-state index < -0.39 is 0 Å². The molecular formula is C19H40O2. The molecule has 0 aromatic heterocycles. The van der Waals surface area contributed by atoms with E-state index in [1.807, 2.05) is 13.8 Å². The van der Waals surface area contributed by atoms with Gasteiger partial charge >= 0.3 is 0 Å². The fourth-order valence-corrected chi connectivity index (χ4v) is 2.89. The van der Waals surface area contributed by atoms with Crippen LogP contribution in [-0.4, -0.2) is 23.4 Å². The quantitative estimate of drug-likeness (QED) is 0.384. The summed E-state index contributed by atoms with van der Waals surface area (Å²) in [5.41, 5.74) is -0.353. The smallest absolute Gasteiger partial charge is 0.0909 e. The van der Waals surface area contributed by atoms with E-state index in [1.165, 1.54) is 57.8 Å². The Kier molecular flexibility index (Phi) is 13.5. The van der Waals surface area contributed by atoms with Crippen LogP contribution in [0.5, 0.6) is 0 Å². The number of ether oxygens (including phenoxy) is 1. The molecule has 0 aromatic carbocycles. The minimum absolute atomic E-state index is 0.323. The first-order valence-electron chi connectivity index (χ1n) is 9.42.